The minimum Gasteiger partial charge on any atom is -0.494 e. The number of H-pyrrole nitrogens is 1. The van der Waals surface area contributed by atoms with Crippen LogP contribution in [-0.4, -0.2) is 63.3 Å². The largest absolute Gasteiger partial charge is 0.494 e. The Hall–Kier alpha value is -3.82. The van der Waals surface area contributed by atoms with Crippen molar-refractivity contribution in [2.75, 3.05) is 26.2 Å². The molecule has 0 radical (unpaired) electrons. The van der Waals surface area contributed by atoms with Gasteiger partial charge in [-0.25, -0.2) is 14.3 Å². The molecule has 1 aliphatic rings. The number of rotatable bonds is 7. The molecule has 3 aromatic rings. The highest BCUT2D eigenvalue weighted by atomic mass is 16.6. The Morgan fingerprint density at radius 3 is 2.51 bits per heavy atom. The van der Waals surface area contributed by atoms with Crippen LogP contribution in [0.2, 0.25) is 0 Å². The number of nitrogens with one attached hydrogen (secondary N) is 2. The minimum absolute atomic E-state index is 0.0156. The van der Waals surface area contributed by atoms with Gasteiger partial charge in [-0.05, 0) is 64.7 Å². The second-order valence-electron chi connectivity index (χ2n) is 10.2. The summed E-state index contributed by atoms with van der Waals surface area (Å²) in [6, 6.07) is 9.28. The van der Waals surface area contributed by atoms with Crippen molar-refractivity contribution in [3.05, 3.63) is 63.7 Å². The summed E-state index contributed by atoms with van der Waals surface area (Å²) in [5, 5.41) is 5.75. The molecule has 198 valence electrons. The van der Waals surface area contributed by atoms with Crippen molar-refractivity contribution in [3.8, 4) is 5.75 Å². The van der Waals surface area contributed by atoms with Gasteiger partial charge in [0.2, 0.25) is 0 Å². The van der Waals surface area contributed by atoms with Gasteiger partial charge in [0.25, 0.3) is 11.5 Å². The fourth-order valence-corrected chi connectivity index (χ4v) is 4.39. The molecule has 0 saturated carbocycles. The Labute approximate surface area is 216 Å². The van der Waals surface area contributed by atoms with E-state index in [-0.39, 0.29) is 23.5 Å². The molecule has 0 aliphatic carbocycles. The lowest BCUT2D eigenvalue weighted by Gasteiger charge is -2.33. The van der Waals surface area contributed by atoms with Gasteiger partial charge in [-0.3, -0.25) is 14.7 Å². The highest BCUT2D eigenvalue weighted by molar-refractivity contribution is 5.99. The number of fused-ring (bicyclic) bond motifs is 1. The zero-order chi connectivity index (χ0) is 26.6. The molecule has 4 rings (SSSR count). The van der Waals surface area contributed by atoms with Crippen LogP contribution in [0.25, 0.3) is 5.65 Å². The van der Waals surface area contributed by atoms with Crippen molar-refractivity contribution in [2.45, 2.75) is 58.5 Å². The Morgan fingerprint density at radius 1 is 1.16 bits per heavy atom. The van der Waals surface area contributed by atoms with E-state index in [0.717, 1.165) is 11.3 Å². The summed E-state index contributed by atoms with van der Waals surface area (Å²) in [6.07, 6.45) is 3.16. The number of aromatic amines is 1. The van der Waals surface area contributed by atoms with Crippen molar-refractivity contribution >= 4 is 17.6 Å². The quantitative estimate of drug-likeness (QED) is 0.503. The van der Waals surface area contributed by atoms with Crippen molar-refractivity contribution in [1.29, 1.82) is 0 Å². The van der Waals surface area contributed by atoms with Crippen molar-refractivity contribution in [2.24, 2.45) is 0 Å². The van der Waals surface area contributed by atoms with Gasteiger partial charge >= 0.3 is 6.09 Å². The average Bonchev–Trinajstić information content (AvgIpc) is 3.29. The van der Waals surface area contributed by atoms with E-state index >= 15 is 0 Å². The maximum atomic E-state index is 12.9. The van der Waals surface area contributed by atoms with Gasteiger partial charge in [-0.1, -0.05) is 12.1 Å². The van der Waals surface area contributed by atoms with Gasteiger partial charge in [0.05, 0.1) is 12.3 Å². The molecule has 10 nitrogen and oxygen atoms in total. The first-order chi connectivity index (χ1) is 17.6. The SMILES string of the molecule is CCOc1ccc(CCNC(=O)c2c[nH]n3c(=O)cc(C4CCN(C(=O)OC(C)(C)C)CC4)nc23)cc1. The minimum atomic E-state index is -0.547. The Morgan fingerprint density at radius 2 is 1.86 bits per heavy atom. The van der Waals surface area contributed by atoms with Gasteiger partial charge in [0.15, 0.2) is 5.65 Å². The van der Waals surface area contributed by atoms with Gasteiger partial charge in [0.1, 0.15) is 16.9 Å². The molecule has 0 spiro atoms. The van der Waals surface area contributed by atoms with E-state index in [1.165, 1.54) is 16.8 Å². The van der Waals surface area contributed by atoms with Crippen LogP contribution in [0.3, 0.4) is 0 Å². The monoisotopic (exact) mass is 509 g/mol. The second kappa shape index (κ2) is 11.1. The summed E-state index contributed by atoms with van der Waals surface area (Å²) in [7, 11) is 0. The van der Waals surface area contributed by atoms with E-state index in [1.54, 1.807) is 4.90 Å². The molecule has 2 amide bonds. The predicted molar refractivity (Wildman–Crippen MR) is 139 cm³/mol. The number of piperidine rings is 1. The van der Waals surface area contributed by atoms with Crippen LogP contribution in [0.4, 0.5) is 4.79 Å². The number of nitrogens with zero attached hydrogens (tertiary/aromatic N) is 3. The number of hydrogen-bond acceptors (Lipinski definition) is 6. The van der Waals surface area contributed by atoms with Crippen LogP contribution < -0.4 is 15.6 Å². The summed E-state index contributed by atoms with van der Waals surface area (Å²) in [5.74, 6) is 0.534. The average molecular weight is 510 g/mol. The number of likely N-dealkylation sites (tertiary alicyclic amines) is 1. The van der Waals surface area contributed by atoms with Crippen molar-refractivity contribution in [1.82, 2.24) is 24.8 Å². The van der Waals surface area contributed by atoms with E-state index in [0.29, 0.717) is 62.4 Å². The third-order valence-corrected chi connectivity index (χ3v) is 6.26. The number of ether oxygens (including phenoxy) is 2. The molecule has 2 N–H and O–H groups in total. The molecule has 0 atom stereocenters. The number of amides is 2. The van der Waals surface area contributed by atoms with Crippen LogP contribution in [0.5, 0.6) is 5.75 Å². The lowest BCUT2D eigenvalue weighted by Crippen LogP contribution is -2.41. The van der Waals surface area contributed by atoms with Gasteiger partial charge in [0, 0.05) is 37.8 Å². The third-order valence-electron chi connectivity index (χ3n) is 6.26. The zero-order valence-electron chi connectivity index (χ0n) is 21.9. The van der Waals surface area contributed by atoms with E-state index in [2.05, 4.69) is 15.4 Å². The van der Waals surface area contributed by atoms with E-state index in [1.807, 2.05) is 52.0 Å². The molecular weight excluding hydrogens is 474 g/mol. The zero-order valence-corrected chi connectivity index (χ0v) is 21.9. The Balaban J connectivity index is 1.40. The van der Waals surface area contributed by atoms with Gasteiger partial charge < -0.3 is 19.7 Å². The first-order valence-electron chi connectivity index (χ1n) is 12.7. The van der Waals surface area contributed by atoms with Crippen LogP contribution in [0.1, 0.15) is 68.1 Å². The topological polar surface area (TPSA) is 118 Å². The number of aromatic nitrogens is 3. The molecule has 1 aliphatic heterocycles. The fourth-order valence-electron chi connectivity index (χ4n) is 4.39. The molecule has 3 heterocycles. The molecule has 1 fully saturated rings. The smallest absolute Gasteiger partial charge is 0.410 e. The third kappa shape index (κ3) is 6.49. The summed E-state index contributed by atoms with van der Waals surface area (Å²) in [5.41, 5.74) is 1.51. The maximum absolute atomic E-state index is 12.9. The standard InChI is InChI=1S/C27H35N5O5/c1-5-36-20-8-6-18(7-9-20)10-13-28-25(34)21-17-29-32-23(33)16-22(30-24(21)32)19-11-14-31(15-12-19)26(35)37-27(2,3)4/h6-9,16-17,19,29H,5,10-15H2,1-4H3,(H,28,34). The number of hydrogen-bond donors (Lipinski definition) is 2. The first kappa shape index (κ1) is 26.2. The normalized spacial score (nSPS) is 14.5. The van der Waals surface area contributed by atoms with Crippen molar-refractivity contribution in [3.63, 3.8) is 0 Å². The molecule has 0 bridgehead atoms. The molecule has 10 heteroatoms. The summed E-state index contributed by atoms with van der Waals surface area (Å²) < 4.78 is 12.2. The molecule has 2 aromatic heterocycles. The van der Waals surface area contributed by atoms with Gasteiger partial charge in [-0.2, -0.15) is 0 Å². The predicted octanol–water partition coefficient (Wildman–Crippen LogP) is 3.51. The van der Waals surface area contributed by atoms with E-state index in [4.69, 9.17) is 9.47 Å². The van der Waals surface area contributed by atoms with Crippen LogP contribution >= 0.6 is 0 Å². The van der Waals surface area contributed by atoms with Crippen LogP contribution in [0, 0.1) is 0 Å². The fraction of sp³-hybridized carbons (Fsp3) is 0.481. The molecule has 0 unspecified atom stereocenters. The number of carbonyl (C=O) groups excluding carboxylic acids is 2. The molecule has 37 heavy (non-hydrogen) atoms. The molecule has 1 aromatic carbocycles. The lowest BCUT2D eigenvalue weighted by molar-refractivity contribution is 0.0204. The van der Waals surface area contributed by atoms with Crippen molar-refractivity contribution < 1.29 is 19.1 Å². The van der Waals surface area contributed by atoms with E-state index < -0.39 is 5.60 Å². The Kier molecular flexibility index (Phi) is 7.85. The van der Waals surface area contributed by atoms with Crippen LogP contribution in [-0.2, 0) is 11.2 Å². The highest BCUT2D eigenvalue weighted by Gasteiger charge is 2.29. The second-order valence-corrected chi connectivity index (χ2v) is 10.2. The lowest BCUT2D eigenvalue weighted by atomic mass is 9.93. The van der Waals surface area contributed by atoms with Crippen LogP contribution in [0.15, 0.2) is 41.3 Å². The first-order valence-corrected chi connectivity index (χ1v) is 12.7. The van der Waals surface area contributed by atoms with Gasteiger partial charge in [-0.15, -0.1) is 0 Å². The number of carbonyl (C=O) groups is 2. The molecular formula is C27H35N5O5. The molecule has 1 saturated heterocycles. The number of benzene rings is 1. The maximum Gasteiger partial charge on any atom is 0.410 e. The highest BCUT2D eigenvalue weighted by Crippen LogP contribution is 2.27. The summed E-state index contributed by atoms with van der Waals surface area (Å²) >= 11 is 0. The Bertz CT molecular complexity index is 1300. The van der Waals surface area contributed by atoms with E-state index in [9.17, 15) is 14.4 Å². The summed E-state index contributed by atoms with van der Waals surface area (Å²) in [4.78, 5) is 44.4. The summed E-state index contributed by atoms with van der Waals surface area (Å²) in [6.45, 7) is 9.56.